The Morgan fingerprint density at radius 1 is 1.00 bits per heavy atom. The van der Waals surface area contributed by atoms with E-state index in [0.717, 1.165) is 33.4 Å². The lowest BCUT2D eigenvalue weighted by Crippen LogP contribution is -2.52. The number of nitrogens with zero attached hydrogens (tertiary/aromatic N) is 1. The lowest BCUT2D eigenvalue weighted by Gasteiger charge is -2.46. The molecule has 1 aromatic heterocycles. The van der Waals surface area contributed by atoms with Crippen LogP contribution in [0.5, 0.6) is 0 Å². The van der Waals surface area contributed by atoms with Gasteiger partial charge in [-0.15, -0.1) is 11.3 Å². The van der Waals surface area contributed by atoms with Gasteiger partial charge >= 0.3 is 0 Å². The van der Waals surface area contributed by atoms with E-state index in [1.807, 2.05) is 65.6 Å². The molecule has 1 aliphatic rings. The van der Waals surface area contributed by atoms with Crippen molar-refractivity contribution in [1.29, 1.82) is 0 Å². The standard InChI is InChI=1S/C26H23ClN2OS/c1-26(2)16-20(28-17-10-4-3-5-11-17)18-12-6-8-14-21(18)29(26)25(30)24-23(27)19-13-7-9-15-22(19)31-24/h3-15,20,28H,16H2,1-2H3/t20-/m1/s1. The van der Waals surface area contributed by atoms with Gasteiger partial charge in [-0.05, 0) is 50.1 Å². The monoisotopic (exact) mass is 446 g/mol. The lowest BCUT2D eigenvalue weighted by molar-refractivity contribution is 0.0958. The second-order valence-corrected chi connectivity index (χ2v) is 9.95. The third kappa shape index (κ3) is 3.50. The van der Waals surface area contributed by atoms with Crippen molar-refractivity contribution in [3.05, 3.63) is 94.3 Å². The molecule has 156 valence electrons. The van der Waals surface area contributed by atoms with Gasteiger partial charge in [-0.25, -0.2) is 0 Å². The summed E-state index contributed by atoms with van der Waals surface area (Å²) in [6, 6.07) is 26.4. The van der Waals surface area contributed by atoms with Crippen molar-refractivity contribution >= 4 is 50.3 Å². The Kier molecular flexibility index (Phi) is 4.99. The SMILES string of the molecule is CC1(C)C[C@@H](Nc2ccccc2)c2ccccc2N1C(=O)c1sc2ccccc2c1Cl. The van der Waals surface area contributed by atoms with Gasteiger partial charge in [0, 0.05) is 27.0 Å². The number of nitrogens with one attached hydrogen (secondary N) is 1. The van der Waals surface area contributed by atoms with Gasteiger partial charge in [-0.1, -0.05) is 66.2 Å². The molecule has 4 aromatic rings. The van der Waals surface area contributed by atoms with Crippen molar-refractivity contribution in [2.75, 3.05) is 10.2 Å². The Hall–Kier alpha value is -2.82. The van der Waals surface area contributed by atoms with Crippen molar-refractivity contribution < 1.29 is 4.79 Å². The van der Waals surface area contributed by atoms with Crippen LogP contribution in [0.4, 0.5) is 11.4 Å². The van der Waals surface area contributed by atoms with E-state index < -0.39 is 5.54 Å². The van der Waals surface area contributed by atoms with Crippen molar-refractivity contribution in [2.24, 2.45) is 0 Å². The first-order valence-electron chi connectivity index (χ1n) is 10.4. The molecule has 0 radical (unpaired) electrons. The van der Waals surface area contributed by atoms with Gasteiger partial charge < -0.3 is 10.2 Å². The molecule has 0 saturated heterocycles. The second kappa shape index (κ2) is 7.70. The third-order valence-electron chi connectivity index (χ3n) is 5.91. The smallest absolute Gasteiger partial charge is 0.270 e. The molecule has 0 aliphatic carbocycles. The molecule has 0 spiro atoms. The van der Waals surface area contributed by atoms with E-state index >= 15 is 0 Å². The van der Waals surface area contributed by atoms with Crippen LogP contribution in [0.25, 0.3) is 10.1 Å². The van der Waals surface area contributed by atoms with Gasteiger partial charge in [0.05, 0.1) is 11.1 Å². The van der Waals surface area contributed by atoms with E-state index in [1.54, 1.807) is 0 Å². The third-order valence-corrected chi connectivity index (χ3v) is 7.57. The molecule has 3 aromatic carbocycles. The van der Waals surface area contributed by atoms with Gasteiger partial charge in [-0.3, -0.25) is 4.79 Å². The second-order valence-electron chi connectivity index (χ2n) is 8.52. The summed E-state index contributed by atoms with van der Waals surface area (Å²) in [4.78, 5) is 16.4. The van der Waals surface area contributed by atoms with Gasteiger partial charge in [-0.2, -0.15) is 0 Å². The summed E-state index contributed by atoms with van der Waals surface area (Å²) >= 11 is 8.14. The summed E-state index contributed by atoms with van der Waals surface area (Å²) in [5, 5.41) is 5.14. The van der Waals surface area contributed by atoms with Crippen LogP contribution >= 0.6 is 22.9 Å². The number of thiophene rings is 1. The molecule has 3 nitrogen and oxygen atoms in total. The summed E-state index contributed by atoms with van der Waals surface area (Å²) < 4.78 is 1.03. The molecule has 1 atom stereocenters. The maximum atomic E-state index is 13.9. The normalized spacial score (nSPS) is 17.4. The maximum Gasteiger partial charge on any atom is 0.270 e. The predicted molar refractivity (Wildman–Crippen MR) is 132 cm³/mol. The average molecular weight is 447 g/mol. The highest BCUT2D eigenvalue weighted by molar-refractivity contribution is 7.21. The molecule has 1 aliphatic heterocycles. The lowest BCUT2D eigenvalue weighted by atomic mass is 9.83. The Labute approximate surface area is 191 Å². The minimum atomic E-state index is -0.391. The number of fused-ring (bicyclic) bond motifs is 2. The molecule has 0 bridgehead atoms. The molecule has 0 fully saturated rings. The first-order chi connectivity index (χ1) is 15.0. The molecular formula is C26H23ClN2OS. The number of para-hydroxylation sites is 2. The summed E-state index contributed by atoms with van der Waals surface area (Å²) in [5.41, 5.74) is 2.74. The summed E-state index contributed by atoms with van der Waals surface area (Å²) in [5.74, 6) is -0.0400. The predicted octanol–water partition coefficient (Wildman–Crippen LogP) is 7.54. The van der Waals surface area contributed by atoms with Gasteiger partial charge in [0.2, 0.25) is 0 Å². The largest absolute Gasteiger partial charge is 0.378 e. The van der Waals surface area contributed by atoms with Crippen LogP contribution < -0.4 is 10.2 Å². The zero-order valence-electron chi connectivity index (χ0n) is 17.4. The van der Waals surface area contributed by atoms with Crippen molar-refractivity contribution in [2.45, 2.75) is 31.8 Å². The van der Waals surface area contributed by atoms with E-state index in [4.69, 9.17) is 11.6 Å². The van der Waals surface area contributed by atoms with Gasteiger partial charge in [0.1, 0.15) is 4.88 Å². The number of hydrogen-bond acceptors (Lipinski definition) is 3. The fraction of sp³-hybridized carbons (Fsp3) is 0.192. The number of amides is 1. The average Bonchev–Trinajstić information content (AvgIpc) is 3.10. The highest BCUT2D eigenvalue weighted by atomic mass is 35.5. The number of halogens is 1. The minimum Gasteiger partial charge on any atom is -0.378 e. The molecule has 0 saturated carbocycles. The fourth-order valence-electron chi connectivity index (χ4n) is 4.51. The van der Waals surface area contributed by atoms with Crippen molar-refractivity contribution in [3.8, 4) is 0 Å². The number of anilines is 2. The molecule has 5 heteroatoms. The van der Waals surface area contributed by atoms with Gasteiger partial charge in [0.25, 0.3) is 5.91 Å². The van der Waals surface area contributed by atoms with Crippen LogP contribution in [0, 0.1) is 0 Å². The molecule has 31 heavy (non-hydrogen) atoms. The van der Waals surface area contributed by atoms with E-state index in [1.165, 1.54) is 11.3 Å². The van der Waals surface area contributed by atoms with E-state index in [-0.39, 0.29) is 11.9 Å². The summed E-state index contributed by atoms with van der Waals surface area (Å²) in [7, 11) is 0. The van der Waals surface area contributed by atoms with E-state index in [9.17, 15) is 4.79 Å². The first-order valence-corrected chi connectivity index (χ1v) is 11.6. The number of carbonyl (C=O) groups is 1. The highest BCUT2D eigenvalue weighted by Crippen LogP contribution is 2.46. The molecule has 0 unspecified atom stereocenters. The number of carbonyl (C=O) groups excluding carboxylic acids is 1. The quantitative estimate of drug-likeness (QED) is 0.352. The molecule has 1 N–H and O–H groups in total. The van der Waals surface area contributed by atoms with E-state index in [2.05, 4.69) is 37.4 Å². The Morgan fingerprint density at radius 3 is 2.45 bits per heavy atom. The fourth-order valence-corrected chi connectivity index (χ4v) is 5.96. The Balaban J connectivity index is 1.58. The molecular weight excluding hydrogens is 424 g/mol. The highest BCUT2D eigenvalue weighted by Gasteiger charge is 2.42. The Morgan fingerprint density at radius 2 is 1.68 bits per heavy atom. The van der Waals surface area contributed by atoms with Crippen LogP contribution in [-0.2, 0) is 0 Å². The van der Waals surface area contributed by atoms with Crippen molar-refractivity contribution in [3.63, 3.8) is 0 Å². The zero-order valence-corrected chi connectivity index (χ0v) is 19.0. The summed E-state index contributed by atoms with van der Waals surface area (Å²) in [6.45, 7) is 4.25. The molecule has 5 rings (SSSR count). The van der Waals surface area contributed by atoms with Crippen LogP contribution in [-0.4, -0.2) is 11.4 Å². The topological polar surface area (TPSA) is 32.3 Å². The number of benzene rings is 3. The van der Waals surface area contributed by atoms with Gasteiger partial charge in [0.15, 0.2) is 0 Å². The first kappa shape index (κ1) is 20.1. The van der Waals surface area contributed by atoms with Crippen LogP contribution in [0.1, 0.15) is 41.5 Å². The molecule has 1 amide bonds. The Bertz CT molecular complexity index is 1260. The summed E-state index contributed by atoms with van der Waals surface area (Å²) in [6.07, 6.45) is 0.785. The van der Waals surface area contributed by atoms with E-state index in [0.29, 0.717) is 9.90 Å². The van der Waals surface area contributed by atoms with Crippen LogP contribution in [0.3, 0.4) is 0 Å². The number of rotatable bonds is 3. The van der Waals surface area contributed by atoms with Crippen LogP contribution in [0.2, 0.25) is 5.02 Å². The van der Waals surface area contributed by atoms with Crippen LogP contribution in [0.15, 0.2) is 78.9 Å². The minimum absolute atomic E-state index is 0.0400. The molecule has 2 heterocycles. The maximum absolute atomic E-state index is 13.9. The number of hydrogen-bond donors (Lipinski definition) is 1. The van der Waals surface area contributed by atoms with Crippen molar-refractivity contribution in [1.82, 2.24) is 0 Å². The zero-order chi connectivity index (χ0) is 21.6.